The Morgan fingerprint density at radius 3 is 2.74 bits per heavy atom. The normalized spacial score (nSPS) is 11.4. The van der Waals surface area contributed by atoms with Crippen LogP contribution in [0, 0.1) is 0 Å². The van der Waals surface area contributed by atoms with Gasteiger partial charge in [0.2, 0.25) is 0 Å². The summed E-state index contributed by atoms with van der Waals surface area (Å²) in [5.41, 5.74) is 5.71. The maximum absolute atomic E-state index is 11.8. The summed E-state index contributed by atoms with van der Waals surface area (Å²) in [6, 6.07) is 4.72. The molecule has 0 aliphatic heterocycles. The molecule has 7 heteroatoms. The van der Waals surface area contributed by atoms with Gasteiger partial charge in [-0.2, -0.15) is 0 Å². The highest BCUT2D eigenvalue weighted by Crippen LogP contribution is 2.20. The number of amidine groups is 1. The van der Waals surface area contributed by atoms with Gasteiger partial charge in [-0.1, -0.05) is 28.4 Å². The number of nitrogens with zero attached hydrogens (tertiary/aromatic N) is 1. The number of benzene rings is 1. The van der Waals surface area contributed by atoms with Crippen molar-refractivity contribution in [2.75, 3.05) is 6.54 Å². The molecule has 0 bridgehead atoms. The molecule has 1 aromatic rings. The van der Waals surface area contributed by atoms with Crippen molar-refractivity contribution in [3.63, 3.8) is 0 Å². The molecule has 1 amide bonds. The number of nitrogens with one attached hydrogen (secondary N) is 1. The average Bonchev–Trinajstić information content (AvgIpc) is 2.37. The lowest BCUT2D eigenvalue weighted by Gasteiger charge is -2.06. The molecular formula is C12H15Cl2N3O2. The summed E-state index contributed by atoms with van der Waals surface area (Å²) >= 11 is 11.7. The summed E-state index contributed by atoms with van der Waals surface area (Å²) in [5.74, 6) is -0.0578. The van der Waals surface area contributed by atoms with E-state index >= 15 is 0 Å². The molecule has 0 unspecified atom stereocenters. The van der Waals surface area contributed by atoms with E-state index in [0.717, 1.165) is 12.8 Å². The highest BCUT2D eigenvalue weighted by atomic mass is 35.5. The Labute approximate surface area is 121 Å². The van der Waals surface area contributed by atoms with Crippen molar-refractivity contribution in [1.29, 1.82) is 0 Å². The number of rotatable bonds is 6. The van der Waals surface area contributed by atoms with E-state index in [1.165, 1.54) is 6.07 Å². The van der Waals surface area contributed by atoms with Gasteiger partial charge in [0.15, 0.2) is 0 Å². The monoisotopic (exact) mass is 303 g/mol. The molecule has 0 saturated carbocycles. The number of hydrogen-bond acceptors (Lipinski definition) is 3. The van der Waals surface area contributed by atoms with Gasteiger partial charge in [0.25, 0.3) is 5.91 Å². The minimum atomic E-state index is -0.245. The summed E-state index contributed by atoms with van der Waals surface area (Å²) in [5, 5.41) is 14.8. The van der Waals surface area contributed by atoms with Crippen LogP contribution in [0.2, 0.25) is 10.0 Å². The Morgan fingerprint density at radius 2 is 2.11 bits per heavy atom. The molecule has 1 rings (SSSR count). The van der Waals surface area contributed by atoms with E-state index in [4.69, 9.17) is 34.1 Å². The Balaban J connectivity index is 2.35. The molecule has 19 heavy (non-hydrogen) atoms. The summed E-state index contributed by atoms with van der Waals surface area (Å²) in [6.07, 6.45) is 1.95. The molecule has 0 atom stereocenters. The van der Waals surface area contributed by atoms with E-state index in [2.05, 4.69) is 10.5 Å². The Kier molecular flexibility index (Phi) is 6.45. The predicted octanol–water partition coefficient (Wildman–Crippen LogP) is 2.64. The molecule has 0 aliphatic rings. The van der Waals surface area contributed by atoms with Gasteiger partial charge in [0, 0.05) is 18.0 Å². The molecule has 0 spiro atoms. The first-order chi connectivity index (χ1) is 9.04. The van der Waals surface area contributed by atoms with Crippen molar-refractivity contribution in [3.05, 3.63) is 33.8 Å². The van der Waals surface area contributed by atoms with Crippen molar-refractivity contribution in [2.45, 2.75) is 19.3 Å². The van der Waals surface area contributed by atoms with Crippen LogP contribution in [0.3, 0.4) is 0 Å². The molecule has 5 nitrogen and oxygen atoms in total. The molecule has 104 valence electrons. The predicted molar refractivity (Wildman–Crippen MR) is 76.1 cm³/mol. The van der Waals surface area contributed by atoms with E-state index in [9.17, 15) is 4.79 Å². The maximum Gasteiger partial charge on any atom is 0.252 e. The van der Waals surface area contributed by atoms with Gasteiger partial charge >= 0.3 is 0 Å². The minimum absolute atomic E-state index is 0.187. The third kappa shape index (κ3) is 5.36. The van der Waals surface area contributed by atoms with Gasteiger partial charge in [-0.05, 0) is 31.0 Å². The standard InChI is InChI=1S/C12H15Cl2N3O2/c13-8-4-5-9(10(14)7-8)12(18)16-6-2-1-3-11(15)17-19/h4-5,7,19H,1-3,6H2,(H2,15,17)(H,16,18). The number of carbonyl (C=O) groups is 1. The first-order valence-electron chi connectivity index (χ1n) is 5.74. The topological polar surface area (TPSA) is 87.7 Å². The number of hydrogen-bond donors (Lipinski definition) is 3. The van der Waals surface area contributed by atoms with Crippen LogP contribution in [-0.4, -0.2) is 23.5 Å². The van der Waals surface area contributed by atoms with Crippen molar-refractivity contribution in [3.8, 4) is 0 Å². The highest BCUT2D eigenvalue weighted by Gasteiger charge is 2.09. The lowest BCUT2D eigenvalue weighted by atomic mass is 10.2. The van der Waals surface area contributed by atoms with Gasteiger partial charge in [-0.15, -0.1) is 0 Å². The number of oxime groups is 1. The van der Waals surface area contributed by atoms with Crippen LogP contribution in [0.4, 0.5) is 0 Å². The molecule has 0 aliphatic carbocycles. The van der Waals surface area contributed by atoms with Crippen molar-refractivity contribution < 1.29 is 10.0 Å². The fourth-order valence-corrected chi connectivity index (χ4v) is 1.95. The Hall–Kier alpha value is -1.46. The second-order valence-electron chi connectivity index (χ2n) is 3.93. The lowest BCUT2D eigenvalue weighted by molar-refractivity contribution is 0.0953. The van der Waals surface area contributed by atoms with Crippen LogP contribution >= 0.6 is 23.2 Å². The molecule has 0 fully saturated rings. The van der Waals surface area contributed by atoms with E-state index in [1.807, 2.05) is 0 Å². The third-order valence-electron chi connectivity index (χ3n) is 2.45. The molecule has 0 heterocycles. The van der Waals surface area contributed by atoms with Crippen molar-refractivity contribution >= 4 is 34.9 Å². The fourth-order valence-electron chi connectivity index (χ4n) is 1.45. The highest BCUT2D eigenvalue weighted by molar-refractivity contribution is 6.36. The quantitative estimate of drug-likeness (QED) is 0.248. The zero-order chi connectivity index (χ0) is 14.3. The average molecular weight is 304 g/mol. The summed E-state index contributed by atoms with van der Waals surface area (Å²) in [6.45, 7) is 0.497. The summed E-state index contributed by atoms with van der Waals surface area (Å²) in [4.78, 5) is 11.8. The van der Waals surface area contributed by atoms with Crippen LogP contribution in [0.25, 0.3) is 0 Å². The van der Waals surface area contributed by atoms with Crippen LogP contribution in [0.15, 0.2) is 23.4 Å². The smallest absolute Gasteiger partial charge is 0.252 e. The van der Waals surface area contributed by atoms with Crippen molar-refractivity contribution in [2.24, 2.45) is 10.9 Å². The molecule has 0 radical (unpaired) electrons. The largest absolute Gasteiger partial charge is 0.409 e. The van der Waals surface area contributed by atoms with E-state index in [-0.39, 0.29) is 11.7 Å². The maximum atomic E-state index is 11.8. The van der Waals surface area contributed by atoms with Gasteiger partial charge in [0.1, 0.15) is 5.84 Å². The fraction of sp³-hybridized carbons (Fsp3) is 0.333. The zero-order valence-electron chi connectivity index (χ0n) is 10.2. The van der Waals surface area contributed by atoms with Crippen LogP contribution < -0.4 is 11.1 Å². The second kappa shape index (κ2) is 7.86. The van der Waals surface area contributed by atoms with Gasteiger partial charge < -0.3 is 16.3 Å². The molecule has 0 saturated heterocycles. The van der Waals surface area contributed by atoms with Crippen LogP contribution in [0.5, 0.6) is 0 Å². The summed E-state index contributed by atoms with van der Waals surface area (Å²) in [7, 11) is 0. The van der Waals surface area contributed by atoms with E-state index in [1.54, 1.807) is 12.1 Å². The van der Waals surface area contributed by atoms with Crippen molar-refractivity contribution in [1.82, 2.24) is 5.32 Å². The number of carbonyl (C=O) groups excluding carboxylic acids is 1. The van der Waals surface area contributed by atoms with E-state index < -0.39 is 0 Å². The first kappa shape index (κ1) is 15.6. The first-order valence-corrected chi connectivity index (χ1v) is 6.50. The van der Waals surface area contributed by atoms with Gasteiger partial charge in [0.05, 0.1) is 10.6 Å². The Bertz CT molecular complexity index is 478. The lowest BCUT2D eigenvalue weighted by Crippen LogP contribution is -2.25. The SMILES string of the molecule is NC(CCCCNC(=O)c1ccc(Cl)cc1Cl)=NO. The number of unbranched alkanes of at least 4 members (excludes halogenated alkanes) is 1. The number of amides is 1. The molecular weight excluding hydrogens is 289 g/mol. The third-order valence-corrected chi connectivity index (χ3v) is 3.00. The minimum Gasteiger partial charge on any atom is -0.409 e. The number of nitrogens with two attached hydrogens (primary N) is 1. The molecule has 4 N–H and O–H groups in total. The van der Waals surface area contributed by atoms with Crippen LogP contribution in [0.1, 0.15) is 29.6 Å². The van der Waals surface area contributed by atoms with Gasteiger partial charge in [-0.3, -0.25) is 4.79 Å². The van der Waals surface area contributed by atoms with E-state index in [0.29, 0.717) is 28.6 Å². The molecule has 1 aromatic carbocycles. The van der Waals surface area contributed by atoms with Crippen LogP contribution in [-0.2, 0) is 0 Å². The summed E-state index contributed by atoms with van der Waals surface area (Å²) < 4.78 is 0. The van der Waals surface area contributed by atoms with Gasteiger partial charge in [-0.25, -0.2) is 0 Å². The molecule has 0 aromatic heterocycles. The second-order valence-corrected chi connectivity index (χ2v) is 4.77. The number of halogens is 2. The zero-order valence-corrected chi connectivity index (χ0v) is 11.7. The Morgan fingerprint density at radius 1 is 1.37 bits per heavy atom.